The second-order valence-corrected chi connectivity index (χ2v) is 5.09. The number of halogens is 1. The fraction of sp³-hybridized carbons (Fsp3) is 0.214. The van der Waals surface area contributed by atoms with Crippen molar-refractivity contribution in [2.45, 2.75) is 13.5 Å². The minimum atomic E-state index is 0.0175. The van der Waals surface area contributed by atoms with Crippen LogP contribution in [0.4, 0.5) is 5.69 Å². The second-order valence-electron chi connectivity index (χ2n) is 4.17. The molecule has 0 fully saturated rings. The number of hydrogen-bond acceptors (Lipinski definition) is 2. The molecule has 94 valence electrons. The minimum absolute atomic E-state index is 0.0175. The number of pyridine rings is 1. The first kappa shape index (κ1) is 12.9. The van der Waals surface area contributed by atoms with Crippen LogP contribution in [-0.2, 0) is 6.54 Å². The van der Waals surface area contributed by atoms with Crippen molar-refractivity contribution in [3.05, 3.63) is 63.0 Å². The predicted octanol–water partition coefficient (Wildman–Crippen LogP) is 3.03. The van der Waals surface area contributed by atoms with Crippen molar-refractivity contribution in [1.82, 2.24) is 4.57 Å². The highest BCUT2D eigenvalue weighted by molar-refractivity contribution is 9.10. The maximum atomic E-state index is 11.6. The average Bonchev–Trinajstić information content (AvgIpc) is 2.36. The van der Waals surface area contributed by atoms with Crippen LogP contribution in [-0.4, -0.2) is 11.1 Å². The lowest BCUT2D eigenvalue weighted by atomic mass is 10.2. The van der Waals surface area contributed by atoms with Gasteiger partial charge in [0.15, 0.2) is 0 Å². The van der Waals surface area contributed by atoms with Gasteiger partial charge < -0.3 is 9.88 Å². The normalized spacial score (nSPS) is 10.3. The third-order valence-electron chi connectivity index (χ3n) is 2.68. The Labute approximate surface area is 115 Å². The highest BCUT2D eigenvalue weighted by Crippen LogP contribution is 2.08. The number of aryl methyl sites for hydroxylation is 1. The molecule has 0 saturated heterocycles. The van der Waals surface area contributed by atoms with Gasteiger partial charge >= 0.3 is 0 Å². The lowest BCUT2D eigenvalue weighted by Gasteiger charge is -2.09. The van der Waals surface area contributed by atoms with Crippen LogP contribution in [0, 0.1) is 6.92 Å². The molecule has 0 aliphatic carbocycles. The molecule has 0 saturated carbocycles. The summed E-state index contributed by atoms with van der Waals surface area (Å²) < 4.78 is 2.60. The average molecular weight is 307 g/mol. The molecule has 1 N–H and O–H groups in total. The summed E-state index contributed by atoms with van der Waals surface area (Å²) in [6, 6.07) is 11.5. The second kappa shape index (κ2) is 5.87. The Morgan fingerprint density at radius 2 is 1.89 bits per heavy atom. The lowest BCUT2D eigenvalue weighted by molar-refractivity contribution is 0.695. The van der Waals surface area contributed by atoms with E-state index in [4.69, 9.17) is 0 Å². The molecule has 1 aromatic carbocycles. The van der Waals surface area contributed by atoms with Gasteiger partial charge in [0.2, 0.25) is 0 Å². The zero-order valence-corrected chi connectivity index (χ0v) is 11.8. The molecule has 0 radical (unpaired) electrons. The van der Waals surface area contributed by atoms with Gasteiger partial charge in [-0.15, -0.1) is 0 Å². The molecule has 0 aliphatic heterocycles. The van der Waals surface area contributed by atoms with Crippen LogP contribution in [0.15, 0.2) is 51.9 Å². The van der Waals surface area contributed by atoms with Gasteiger partial charge in [-0.25, -0.2) is 0 Å². The molecule has 0 atom stereocenters. The molecule has 3 nitrogen and oxygen atoms in total. The molecule has 1 aromatic heterocycles. The van der Waals surface area contributed by atoms with E-state index < -0.39 is 0 Å². The van der Waals surface area contributed by atoms with E-state index in [9.17, 15) is 4.79 Å². The fourth-order valence-electron chi connectivity index (χ4n) is 1.67. The van der Waals surface area contributed by atoms with Crippen LogP contribution < -0.4 is 10.9 Å². The van der Waals surface area contributed by atoms with E-state index in [2.05, 4.69) is 40.3 Å². The Kier molecular flexibility index (Phi) is 4.20. The molecule has 2 aromatic rings. The molecule has 2 rings (SSSR count). The van der Waals surface area contributed by atoms with Crippen molar-refractivity contribution in [2.24, 2.45) is 0 Å². The van der Waals surface area contributed by atoms with Crippen LogP contribution in [0.1, 0.15) is 5.56 Å². The molecule has 0 amide bonds. The molecule has 0 unspecified atom stereocenters. The maximum absolute atomic E-state index is 11.6. The fourth-order valence-corrected chi connectivity index (χ4v) is 2.05. The van der Waals surface area contributed by atoms with Crippen molar-refractivity contribution in [3.8, 4) is 0 Å². The van der Waals surface area contributed by atoms with Gasteiger partial charge in [-0.2, -0.15) is 0 Å². The lowest BCUT2D eigenvalue weighted by Crippen LogP contribution is -2.22. The first-order valence-electron chi connectivity index (χ1n) is 5.82. The zero-order chi connectivity index (χ0) is 13.0. The van der Waals surface area contributed by atoms with Crippen molar-refractivity contribution in [3.63, 3.8) is 0 Å². The summed E-state index contributed by atoms with van der Waals surface area (Å²) in [6.07, 6.45) is 1.80. The van der Waals surface area contributed by atoms with Crippen molar-refractivity contribution < 1.29 is 0 Å². The number of anilines is 1. The van der Waals surface area contributed by atoms with Crippen LogP contribution in [0.5, 0.6) is 0 Å². The van der Waals surface area contributed by atoms with Crippen molar-refractivity contribution in [2.75, 3.05) is 11.9 Å². The highest BCUT2D eigenvalue weighted by Gasteiger charge is 1.97. The molecular weight excluding hydrogens is 292 g/mol. The molecule has 4 heteroatoms. The Bertz CT molecular complexity index is 575. The van der Waals surface area contributed by atoms with Gasteiger partial charge in [0.05, 0.1) is 0 Å². The highest BCUT2D eigenvalue weighted by atomic mass is 79.9. The third-order valence-corrected chi connectivity index (χ3v) is 3.15. The van der Waals surface area contributed by atoms with E-state index >= 15 is 0 Å². The van der Waals surface area contributed by atoms with E-state index in [1.807, 2.05) is 12.1 Å². The summed E-state index contributed by atoms with van der Waals surface area (Å²) in [4.78, 5) is 11.6. The summed E-state index contributed by atoms with van der Waals surface area (Å²) >= 11 is 3.36. The first-order chi connectivity index (χ1) is 8.65. The Morgan fingerprint density at radius 1 is 1.17 bits per heavy atom. The van der Waals surface area contributed by atoms with Gasteiger partial charge in [-0.05, 0) is 41.1 Å². The number of rotatable bonds is 4. The Balaban J connectivity index is 1.94. The quantitative estimate of drug-likeness (QED) is 0.942. The van der Waals surface area contributed by atoms with Crippen molar-refractivity contribution >= 4 is 21.6 Å². The number of aromatic nitrogens is 1. The molecule has 0 spiro atoms. The summed E-state index contributed by atoms with van der Waals surface area (Å²) in [6.45, 7) is 3.43. The van der Waals surface area contributed by atoms with Gasteiger partial charge in [-0.3, -0.25) is 4.79 Å². The largest absolute Gasteiger partial charge is 0.383 e. The molecule has 0 aliphatic rings. The van der Waals surface area contributed by atoms with E-state index in [1.165, 1.54) is 5.56 Å². The molecule has 1 heterocycles. The van der Waals surface area contributed by atoms with E-state index in [0.717, 1.165) is 16.7 Å². The minimum Gasteiger partial charge on any atom is -0.383 e. The number of hydrogen-bond donors (Lipinski definition) is 1. The van der Waals surface area contributed by atoms with E-state index in [1.54, 1.807) is 22.9 Å². The van der Waals surface area contributed by atoms with Crippen molar-refractivity contribution in [1.29, 1.82) is 0 Å². The van der Waals surface area contributed by atoms with Gasteiger partial charge in [0, 0.05) is 35.5 Å². The smallest absolute Gasteiger partial charge is 0.250 e. The van der Waals surface area contributed by atoms with E-state index in [-0.39, 0.29) is 5.56 Å². The summed E-state index contributed by atoms with van der Waals surface area (Å²) in [5.74, 6) is 0. The standard InChI is InChI=1S/C14H15BrN2O/c1-11-2-5-13(6-3-11)16-8-9-17-10-12(15)4-7-14(17)18/h2-7,10,16H,8-9H2,1H3. The van der Waals surface area contributed by atoms with Crippen LogP contribution in [0.25, 0.3) is 0 Å². The summed E-state index contributed by atoms with van der Waals surface area (Å²) in [5.41, 5.74) is 2.33. The van der Waals surface area contributed by atoms with Crippen LogP contribution in [0.3, 0.4) is 0 Å². The SMILES string of the molecule is Cc1ccc(NCCn2cc(Br)ccc2=O)cc1. The maximum Gasteiger partial charge on any atom is 0.250 e. The predicted molar refractivity (Wildman–Crippen MR) is 78.1 cm³/mol. The van der Waals surface area contributed by atoms with Gasteiger partial charge in [-0.1, -0.05) is 17.7 Å². The summed E-state index contributed by atoms with van der Waals surface area (Å²) in [7, 11) is 0. The monoisotopic (exact) mass is 306 g/mol. The van der Waals surface area contributed by atoms with Gasteiger partial charge in [0.1, 0.15) is 0 Å². The molecule has 18 heavy (non-hydrogen) atoms. The summed E-state index contributed by atoms with van der Waals surface area (Å²) in [5, 5.41) is 3.29. The van der Waals surface area contributed by atoms with Crippen LogP contribution >= 0.6 is 15.9 Å². The van der Waals surface area contributed by atoms with E-state index in [0.29, 0.717) is 6.54 Å². The first-order valence-corrected chi connectivity index (χ1v) is 6.61. The van der Waals surface area contributed by atoms with Crippen LogP contribution in [0.2, 0.25) is 0 Å². The number of benzene rings is 1. The Hall–Kier alpha value is -1.55. The topological polar surface area (TPSA) is 34.0 Å². The number of nitrogens with one attached hydrogen (secondary N) is 1. The Morgan fingerprint density at radius 3 is 2.61 bits per heavy atom. The molecular formula is C14H15BrN2O. The third kappa shape index (κ3) is 3.47. The number of nitrogens with zero attached hydrogens (tertiary/aromatic N) is 1. The zero-order valence-electron chi connectivity index (χ0n) is 10.2. The molecule has 0 bridgehead atoms. The van der Waals surface area contributed by atoms with Gasteiger partial charge in [0.25, 0.3) is 5.56 Å².